The maximum Gasteiger partial charge on any atom is 0.0564 e. The lowest BCUT2D eigenvalue weighted by atomic mass is 9.80. The molecule has 1 aromatic carbocycles. The van der Waals surface area contributed by atoms with Crippen LogP contribution < -0.4 is 5.32 Å². The van der Waals surface area contributed by atoms with E-state index in [1.165, 1.54) is 36.1 Å². The molecule has 1 fully saturated rings. The Balaban J connectivity index is 2.43. The fourth-order valence-corrected chi connectivity index (χ4v) is 3.08. The number of aryl methyl sites for hydroxylation is 2. The van der Waals surface area contributed by atoms with Gasteiger partial charge in [-0.2, -0.15) is 0 Å². The van der Waals surface area contributed by atoms with Gasteiger partial charge < -0.3 is 10.2 Å². The van der Waals surface area contributed by atoms with E-state index in [-0.39, 0.29) is 5.54 Å². The van der Waals surface area contributed by atoms with Crippen LogP contribution in [0.2, 0.25) is 0 Å². The minimum Gasteiger partial charge on any atom is -0.309 e. The molecule has 0 saturated carbocycles. The second kappa shape index (κ2) is 4.79. The average Bonchev–Trinajstić information content (AvgIpc) is 2.32. The first-order valence-electron chi connectivity index (χ1n) is 6.52. The van der Waals surface area contributed by atoms with E-state index < -0.39 is 0 Å². The Morgan fingerprint density at radius 1 is 1.29 bits per heavy atom. The van der Waals surface area contributed by atoms with Crippen LogP contribution in [0.25, 0.3) is 0 Å². The number of hydrogen-bond donors (Lipinski definition) is 1. The number of nitrogens with one attached hydrogen (secondary N) is 1. The number of nitrogens with zero attached hydrogens (tertiary/aromatic N) is 1. The van der Waals surface area contributed by atoms with Gasteiger partial charge in [-0.15, -0.1) is 0 Å². The summed E-state index contributed by atoms with van der Waals surface area (Å²) >= 11 is 0. The Morgan fingerprint density at radius 3 is 2.71 bits per heavy atom. The lowest BCUT2D eigenvalue weighted by molar-refractivity contribution is 0.151. The normalized spacial score (nSPS) is 26.1. The van der Waals surface area contributed by atoms with Crippen molar-refractivity contribution in [3.8, 4) is 0 Å². The zero-order valence-corrected chi connectivity index (χ0v) is 11.5. The molecule has 1 aromatic rings. The van der Waals surface area contributed by atoms with E-state index in [9.17, 15) is 0 Å². The summed E-state index contributed by atoms with van der Waals surface area (Å²) in [5, 5.41) is 3.59. The summed E-state index contributed by atoms with van der Waals surface area (Å²) in [4.78, 5) is 2.43. The van der Waals surface area contributed by atoms with E-state index >= 15 is 0 Å². The molecule has 0 aliphatic carbocycles. The molecule has 2 rings (SSSR count). The Bertz CT molecular complexity index is 400. The van der Waals surface area contributed by atoms with Gasteiger partial charge in [0, 0.05) is 6.54 Å². The fraction of sp³-hybridized carbons (Fsp3) is 0.600. The molecule has 1 unspecified atom stereocenters. The molecule has 94 valence electrons. The van der Waals surface area contributed by atoms with Crippen LogP contribution in [0.1, 0.15) is 29.5 Å². The Labute approximate surface area is 105 Å². The number of hydrogen-bond acceptors (Lipinski definition) is 2. The molecule has 1 saturated heterocycles. The maximum atomic E-state index is 3.59. The molecule has 2 heteroatoms. The van der Waals surface area contributed by atoms with Gasteiger partial charge in [0.05, 0.1) is 5.54 Å². The molecule has 0 amide bonds. The molecular formula is C15H24N2. The molecule has 1 heterocycles. The predicted octanol–water partition coefficient (Wildman–Crippen LogP) is 2.44. The number of benzene rings is 1. The molecule has 1 aliphatic rings. The molecule has 0 spiro atoms. The molecule has 2 nitrogen and oxygen atoms in total. The van der Waals surface area contributed by atoms with Gasteiger partial charge in [0.1, 0.15) is 0 Å². The third kappa shape index (κ3) is 2.38. The summed E-state index contributed by atoms with van der Waals surface area (Å²) in [5.74, 6) is 0. The first-order valence-corrected chi connectivity index (χ1v) is 6.52. The van der Waals surface area contributed by atoms with E-state index in [4.69, 9.17) is 0 Å². The molecule has 17 heavy (non-hydrogen) atoms. The summed E-state index contributed by atoms with van der Waals surface area (Å²) in [6.07, 6.45) is 2.50. The average molecular weight is 232 g/mol. The van der Waals surface area contributed by atoms with Gasteiger partial charge in [0.25, 0.3) is 0 Å². The lowest BCUT2D eigenvalue weighted by Gasteiger charge is -2.43. The van der Waals surface area contributed by atoms with Gasteiger partial charge >= 0.3 is 0 Å². The smallest absolute Gasteiger partial charge is 0.0564 e. The SMILES string of the molecule is CNC1(c2cc(C)ccc2C)CCCN(C)C1. The van der Waals surface area contributed by atoms with Gasteiger partial charge in [0.15, 0.2) is 0 Å². The lowest BCUT2D eigenvalue weighted by Crippen LogP contribution is -2.52. The van der Waals surface area contributed by atoms with Crippen molar-refractivity contribution in [2.75, 3.05) is 27.2 Å². The van der Waals surface area contributed by atoms with Crippen LogP contribution in [0.4, 0.5) is 0 Å². The van der Waals surface area contributed by atoms with Gasteiger partial charge in [-0.25, -0.2) is 0 Å². The summed E-state index contributed by atoms with van der Waals surface area (Å²) < 4.78 is 0. The highest BCUT2D eigenvalue weighted by Gasteiger charge is 2.35. The molecule has 1 atom stereocenters. The van der Waals surface area contributed by atoms with Crippen molar-refractivity contribution in [3.05, 3.63) is 34.9 Å². The first kappa shape index (κ1) is 12.6. The highest BCUT2D eigenvalue weighted by Crippen LogP contribution is 2.33. The maximum absolute atomic E-state index is 3.59. The topological polar surface area (TPSA) is 15.3 Å². The van der Waals surface area contributed by atoms with Gasteiger partial charge in [-0.1, -0.05) is 23.8 Å². The first-order chi connectivity index (χ1) is 8.07. The number of piperidine rings is 1. The third-order valence-corrected chi connectivity index (χ3v) is 4.07. The van der Waals surface area contributed by atoms with Crippen LogP contribution >= 0.6 is 0 Å². The molecule has 0 aromatic heterocycles. The summed E-state index contributed by atoms with van der Waals surface area (Å²) in [6.45, 7) is 6.73. The predicted molar refractivity (Wildman–Crippen MR) is 73.4 cm³/mol. The zero-order chi connectivity index (χ0) is 12.5. The van der Waals surface area contributed by atoms with Crippen molar-refractivity contribution >= 4 is 0 Å². The standard InChI is InChI=1S/C15H24N2/c1-12-6-7-13(2)14(10-12)15(16-3)8-5-9-17(4)11-15/h6-7,10,16H,5,8-9,11H2,1-4H3. The largest absolute Gasteiger partial charge is 0.309 e. The summed E-state index contributed by atoms with van der Waals surface area (Å²) in [6, 6.07) is 6.80. The van der Waals surface area contributed by atoms with Crippen LogP contribution in [-0.2, 0) is 5.54 Å². The van der Waals surface area contributed by atoms with Crippen molar-refractivity contribution in [3.63, 3.8) is 0 Å². The Kier molecular flexibility index (Phi) is 3.55. The second-order valence-corrected chi connectivity index (χ2v) is 5.49. The minimum absolute atomic E-state index is 0.142. The van der Waals surface area contributed by atoms with Crippen molar-refractivity contribution in [1.29, 1.82) is 0 Å². The highest BCUT2D eigenvalue weighted by molar-refractivity contribution is 5.37. The fourth-order valence-electron chi connectivity index (χ4n) is 3.08. The molecule has 0 radical (unpaired) electrons. The van der Waals surface area contributed by atoms with Crippen molar-refractivity contribution < 1.29 is 0 Å². The Hall–Kier alpha value is -0.860. The zero-order valence-electron chi connectivity index (χ0n) is 11.5. The highest BCUT2D eigenvalue weighted by atomic mass is 15.2. The van der Waals surface area contributed by atoms with E-state index in [2.05, 4.69) is 56.4 Å². The molecule has 0 bridgehead atoms. The van der Waals surface area contributed by atoms with Crippen LogP contribution in [0.15, 0.2) is 18.2 Å². The van der Waals surface area contributed by atoms with Crippen LogP contribution in [0, 0.1) is 13.8 Å². The van der Waals surface area contributed by atoms with Crippen LogP contribution in [0.3, 0.4) is 0 Å². The summed E-state index contributed by atoms with van der Waals surface area (Å²) in [7, 11) is 4.32. The van der Waals surface area contributed by atoms with Gasteiger partial charge in [-0.05, 0) is 58.5 Å². The molecule has 1 N–H and O–H groups in total. The monoisotopic (exact) mass is 232 g/mol. The van der Waals surface area contributed by atoms with Crippen molar-refractivity contribution in [1.82, 2.24) is 10.2 Å². The van der Waals surface area contributed by atoms with Crippen LogP contribution in [-0.4, -0.2) is 32.1 Å². The number of likely N-dealkylation sites (N-methyl/N-ethyl adjacent to an activating group) is 2. The van der Waals surface area contributed by atoms with Gasteiger partial charge in [-0.3, -0.25) is 0 Å². The Morgan fingerprint density at radius 2 is 2.06 bits per heavy atom. The quantitative estimate of drug-likeness (QED) is 0.842. The molecular weight excluding hydrogens is 208 g/mol. The van der Waals surface area contributed by atoms with E-state index in [0.717, 1.165) is 6.54 Å². The number of likely N-dealkylation sites (tertiary alicyclic amines) is 1. The van der Waals surface area contributed by atoms with E-state index in [0.29, 0.717) is 0 Å². The van der Waals surface area contributed by atoms with Crippen molar-refractivity contribution in [2.24, 2.45) is 0 Å². The summed E-state index contributed by atoms with van der Waals surface area (Å²) in [5.41, 5.74) is 4.38. The second-order valence-electron chi connectivity index (χ2n) is 5.49. The minimum atomic E-state index is 0.142. The van der Waals surface area contributed by atoms with E-state index in [1.807, 2.05) is 0 Å². The molecule has 1 aliphatic heterocycles. The van der Waals surface area contributed by atoms with E-state index in [1.54, 1.807) is 0 Å². The van der Waals surface area contributed by atoms with Gasteiger partial charge in [0.2, 0.25) is 0 Å². The van der Waals surface area contributed by atoms with Crippen molar-refractivity contribution in [2.45, 2.75) is 32.2 Å². The van der Waals surface area contributed by atoms with Crippen LogP contribution in [0.5, 0.6) is 0 Å². The number of rotatable bonds is 2. The third-order valence-electron chi connectivity index (χ3n) is 4.07.